The molecule has 2 aromatic carbocycles. The molecule has 5 rings (SSSR count). The molecule has 0 radical (unpaired) electrons. The van der Waals surface area contributed by atoms with E-state index in [1.165, 1.54) is 60.6 Å². The number of hydrogen-bond donors (Lipinski definition) is 0. The Morgan fingerprint density at radius 3 is 1.50 bits per heavy atom. The Bertz CT molecular complexity index is 759. The van der Waals surface area contributed by atoms with Crippen molar-refractivity contribution in [3.63, 3.8) is 0 Å². The van der Waals surface area contributed by atoms with Gasteiger partial charge in [-0.3, -0.25) is 0 Å². The van der Waals surface area contributed by atoms with Crippen LogP contribution in [0.15, 0.2) is 48.5 Å². The van der Waals surface area contributed by atoms with E-state index in [-0.39, 0.29) is 0 Å². The van der Waals surface area contributed by atoms with Crippen LogP contribution in [-0.2, 0) is 0 Å². The molecule has 2 bridgehead atoms. The van der Waals surface area contributed by atoms with E-state index >= 15 is 0 Å². The van der Waals surface area contributed by atoms with Gasteiger partial charge < -0.3 is 9.47 Å². The van der Waals surface area contributed by atoms with Crippen molar-refractivity contribution in [3.8, 4) is 11.5 Å². The van der Waals surface area contributed by atoms with Crippen LogP contribution in [0.1, 0.15) is 32.1 Å². The van der Waals surface area contributed by atoms with Crippen molar-refractivity contribution in [2.45, 2.75) is 61.9 Å². The van der Waals surface area contributed by atoms with E-state index in [1.807, 2.05) is 0 Å². The summed E-state index contributed by atoms with van der Waals surface area (Å²) in [6.45, 7) is 1.70. The minimum absolute atomic E-state index is 0.848. The van der Waals surface area contributed by atoms with Gasteiger partial charge in [-0.05, 0) is 41.8 Å². The van der Waals surface area contributed by atoms with Crippen molar-refractivity contribution in [3.05, 3.63) is 48.5 Å². The zero-order chi connectivity index (χ0) is 18.9. The van der Waals surface area contributed by atoms with Gasteiger partial charge in [0.2, 0.25) is 0 Å². The average molecular weight is 409 g/mol. The Hall–Kier alpha value is -1.53. The van der Waals surface area contributed by atoms with Gasteiger partial charge in [0.05, 0.1) is 29.4 Å². The number of ether oxygens (including phenoxy) is 2. The quantitative estimate of drug-likeness (QED) is 0.572. The molecule has 28 heavy (non-hydrogen) atoms. The van der Waals surface area contributed by atoms with Gasteiger partial charge in [0, 0.05) is 0 Å². The van der Waals surface area contributed by atoms with Crippen molar-refractivity contribution in [2.75, 3.05) is 13.2 Å². The third-order valence-corrected chi connectivity index (χ3v) is 21.3. The summed E-state index contributed by atoms with van der Waals surface area (Å²) in [7, 11) is -3.01. The van der Waals surface area contributed by atoms with Crippen molar-refractivity contribution in [1.82, 2.24) is 0 Å². The highest BCUT2D eigenvalue weighted by molar-refractivity contribution is 7.10. The second-order valence-corrected chi connectivity index (χ2v) is 18.8. The molecule has 0 aromatic heterocycles. The summed E-state index contributed by atoms with van der Waals surface area (Å²) in [5.74, 6) is 2.45. The maximum absolute atomic E-state index is 6.39. The summed E-state index contributed by atoms with van der Waals surface area (Å²) < 4.78 is 12.8. The number of fused-ring (bicyclic) bond motifs is 2. The molecule has 3 heterocycles. The van der Waals surface area contributed by atoms with Gasteiger partial charge in [-0.1, -0.05) is 79.1 Å². The molecule has 2 fully saturated rings. The summed E-state index contributed by atoms with van der Waals surface area (Å²) in [6, 6.07) is 24.1. The van der Waals surface area contributed by atoms with Crippen molar-refractivity contribution in [2.24, 2.45) is 0 Å². The summed E-state index contributed by atoms with van der Waals surface area (Å²) in [4.78, 5) is 0. The van der Waals surface area contributed by atoms with E-state index in [2.05, 4.69) is 48.5 Å². The number of para-hydroxylation sites is 2. The van der Waals surface area contributed by atoms with Gasteiger partial charge in [-0.25, -0.2) is 0 Å². The van der Waals surface area contributed by atoms with Gasteiger partial charge in [-0.2, -0.15) is 0 Å². The first kappa shape index (κ1) is 18.5. The molecule has 0 atom stereocenters. The minimum Gasteiger partial charge on any atom is -0.494 e. The van der Waals surface area contributed by atoms with E-state index in [1.54, 1.807) is 10.4 Å². The van der Waals surface area contributed by atoms with Gasteiger partial charge in [0.1, 0.15) is 11.5 Å². The van der Waals surface area contributed by atoms with Crippen molar-refractivity contribution < 1.29 is 9.47 Å². The first-order valence-electron chi connectivity index (χ1n) is 11.3. The number of benzene rings is 2. The molecule has 2 saturated heterocycles. The first-order chi connectivity index (χ1) is 13.8. The van der Waals surface area contributed by atoms with E-state index < -0.39 is 16.1 Å². The molecule has 0 unspecified atom stereocenters. The Labute approximate surface area is 171 Å². The lowest BCUT2D eigenvalue weighted by Crippen LogP contribution is -2.65. The summed E-state index contributed by atoms with van der Waals surface area (Å²) in [6.07, 6.45) is 6.25. The van der Waals surface area contributed by atoms with Gasteiger partial charge in [0.25, 0.3) is 0 Å². The van der Waals surface area contributed by atoms with Crippen LogP contribution in [0.2, 0.25) is 29.8 Å². The summed E-state index contributed by atoms with van der Waals surface area (Å²) in [5.41, 5.74) is 1.51. The molecule has 3 aliphatic rings. The fraction of sp³-hybridized carbons (Fsp3) is 0.500. The van der Waals surface area contributed by atoms with Crippen LogP contribution in [0.4, 0.5) is 0 Å². The third kappa shape index (κ3) is 3.24. The van der Waals surface area contributed by atoms with E-state index in [4.69, 9.17) is 9.47 Å². The lowest BCUT2D eigenvalue weighted by molar-refractivity contribution is 0.281. The van der Waals surface area contributed by atoms with Gasteiger partial charge in [-0.15, -0.1) is 0 Å². The fourth-order valence-corrected chi connectivity index (χ4v) is 23.8. The van der Waals surface area contributed by atoms with E-state index in [9.17, 15) is 0 Å². The molecule has 148 valence electrons. The van der Waals surface area contributed by atoms with Crippen LogP contribution < -0.4 is 19.8 Å². The second-order valence-electron chi connectivity index (χ2n) is 9.19. The third-order valence-electron chi connectivity index (χ3n) is 7.52. The lowest BCUT2D eigenvalue weighted by atomic mass is 10.2. The summed E-state index contributed by atoms with van der Waals surface area (Å²) >= 11 is 0. The monoisotopic (exact) mass is 408 g/mol. The molecule has 0 spiro atoms. The fourth-order valence-electron chi connectivity index (χ4n) is 6.32. The van der Waals surface area contributed by atoms with Crippen molar-refractivity contribution >= 4 is 26.5 Å². The first-order valence-corrected chi connectivity index (χ1v) is 16.5. The van der Waals surface area contributed by atoms with Crippen molar-refractivity contribution in [1.29, 1.82) is 0 Å². The smallest absolute Gasteiger partial charge is 0.118 e. The Balaban J connectivity index is 1.62. The maximum atomic E-state index is 6.39. The lowest BCUT2D eigenvalue weighted by Gasteiger charge is -2.51. The van der Waals surface area contributed by atoms with Crippen LogP contribution in [-0.4, -0.2) is 29.4 Å². The predicted molar refractivity (Wildman–Crippen MR) is 122 cm³/mol. The molecular formula is C24H32O2Si2. The van der Waals surface area contributed by atoms with Crippen LogP contribution in [0.25, 0.3) is 0 Å². The summed E-state index contributed by atoms with van der Waals surface area (Å²) in [5, 5.41) is 3.28. The SMILES string of the molecule is c1ccc2c(c1)OCCCCCOc1ccccc1[Si]13CCC[Si]2(CCC1)C3. The van der Waals surface area contributed by atoms with E-state index in [0.29, 0.717) is 0 Å². The molecule has 2 nitrogen and oxygen atoms in total. The van der Waals surface area contributed by atoms with Crippen LogP contribution in [0.5, 0.6) is 11.5 Å². The maximum Gasteiger partial charge on any atom is 0.118 e. The Morgan fingerprint density at radius 1 is 0.536 bits per heavy atom. The molecule has 2 aromatic rings. The largest absolute Gasteiger partial charge is 0.494 e. The number of hydrogen-bond acceptors (Lipinski definition) is 2. The highest BCUT2D eigenvalue weighted by Crippen LogP contribution is 2.47. The van der Waals surface area contributed by atoms with Gasteiger partial charge >= 0.3 is 0 Å². The standard InChI is InChI=1S/C24H32O2Si2/c1-6-14-25-21-10-2-4-12-23(21)27-16-8-18-28(20-27,19-9-17-27)24-13-5-3-11-22(24)26-15-7-1/h2-5,10-13H,1,6-9,14-20H2. The molecule has 0 amide bonds. The Kier molecular flexibility index (Phi) is 5.10. The molecule has 3 aliphatic heterocycles. The molecular weight excluding hydrogens is 376 g/mol. The highest BCUT2D eigenvalue weighted by atomic mass is 28.4. The zero-order valence-electron chi connectivity index (χ0n) is 16.9. The normalized spacial score (nSPS) is 30.0. The zero-order valence-corrected chi connectivity index (χ0v) is 18.9. The highest BCUT2D eigenvalue weighted by Gasteiger charge is 2.53. The number of rotatable bonds is 0. The molecule has 0 aliphatic carbocycles. The molecule has 0 saturated carbocycles. The van der Waals surface area contributed by atoms with Crippen LogP contribution in [0.3, 0.4) is 0 Å². The predicted octanol–water partition coefficient (Wildman–Crippen LogP) is 4.99. The van der Waals surface area contributed by atoms with Gasteiger partial charge in [0.15, 0.2) is 0 Å². The minimum atomic E-state index is -1.51. The molecule has 4 heteroatoms. The topological polar surface area (TPSA) is 18.5 Å². The second kappa shape index (κ2) is 7.71. The van der Waals surface area contributed by atoms with E-state index in [0.717, 1.165) is 26.1 Å². The Morgan fingerprint density at radius 2 is 1.00 bits per heavy atom. The van der Waals surface area contributed by atoms with Crippen LogP contribution in [0, 0.1) is 0 Å². The molecule has 0 N–H and O–H groups in total. The average Bonchev–Trinajstić information content (AvgIpc) is 2.73. The van der Waals surface area contributed by atoms with Crippen LogP contribution >= 0.6 is 0 Å².